The van der Waals surface area contributed by atoms with Crippen LogP contribution in [-0.2, 0) is 18.4 Å². The molecule has 0 saturated carbocycles. The van der Waals surface area contributed by atoms with Crippen molar-refractivity contribution in [3.8, 4) is 23.0 Å². The molecule has 0 atom stereocenters. The van der Waals surface area contributed by atoms with Gasteiger partial charge in [-0.3, -0.25) is 4.68 Å². The Morgan fingerprint density at radius 1 is 1.19 bits per heavy atom. The average Bonchev–Trinajstić information content (AvgIpc) is 3.14. The fourth-order valence-electron chi connectivity index (χ4n) is 2.00. The Hall–Kier alpha value is -2.47. The molecule has 2 aromatic heterocycles. The van der Waals surface area contributed by atoms with E-state index in [4.69, 9.17) is 9.26 Å². The van der Waals surface area contributed by atoms with Crippen LogP contribution >= 0.6 is 0 Å². The molecule has 0 N–H and O–H groups in total. The smallest absolute Gasteiger partial charge is 0.276 e. The molecule has 0 saturated heterocycles. The fourth-order valence-corrected chi connectivity index (χ4v) is 2.00. The molecule has 6 nitrogen and oxygen atoms in total. The minimum absolute atomic E-state index is 0.461. The molecule has 2 heterocycles. The van der Waals surface area contributed by atoms with Gasteiger partial charge < -0.3 is 9.26 Å². The Morgan fingerprint density at radius 2 is 2.00 bits per heavy atom. The van der Waals surface area contributed by atoms with Crippen molar-refractivity contribution in [2.45, 2.75) is 13.5 Å². The van der Waals surface area contributed by atoms with Crippen LogP contribution in [0, 0.1) is 0 Å². The highest BCUT2D eigenvalue weighted by Gasteiger charge is 2.13. The van der Waals surface area contributed by atoms with Gasteiger partial charge in [-0.1, -0.05) is 29.4 Å². The number of benzene rings is 1. The molecule has 0 unspecified atom stereocenters. The average molecular weight is 284 g/mol. The van der Waals surface area contributed by atoms with E-state index in [9.17, 15) is 0 Å². The SMILES string of the molecule is CCOCc1ccc(-c2noc(-c3ccnn3C)n2)cc1. The van der Waals surface area contributed by atoms with Crippen molar-refractivity contribution in [3.63, 3.8) is 0 Å². The van der Waals surface area contributed by atoms with Crippen molar-refractivity contribution in [3.05, 3.63) is 42.1 Å². The fraction of sp³-hybridized carbons (Fsp3) is 0.267. The van der Waals surface area contributed by atoms with E-state index < -0.39 is 0 Å². The van der Waals surface area contributed by atoms with Gasteiger partial charge in [0, 0.05) is 25.4 Å². The molecular formula is C15H16N4O2. The second-order valence-electron chi connectivity index (χ2n) is 4.60. The molecule has 1 aromatic carbocycles. The Labute approximate surface area is 122 Å². The third-order valence-corrected chi connectivity index (χ3v) is 3.15. The molecular weight excluding hydrogens is 268 g/mol. The lowest BCUT2D eigenvalue weighted by Gasteiger charge is -2.01. The zero-order valence-corrected chi connectivity index (χ0v) is 12.0. The summed E-state index contributed by atoms with van der Waals surface area (Å²) in [6, 6.07) is 9.77. The van der Waals surface area contributed by atoms with Crippen LogP contribution in [0.2, 0.25) is 0 Å². The van der Waals surface area contributed by atoms with E-state index in [1.165, 1.54) is 0 Å². The maximum atomic E-state index is 5.37. The van der Waals surface area contributed by atoms with E-state index in [1.807, 2.05) is 44.3 Å². The Balaban J connectivity index is 1.81. The molecule has 0 spiro atoms. The van der Waals surface area contributed by atoms with Crippen molar-refractivity contribution >= 4 is 0 Å². The Kier molecular flexibility index (Phi) is 3.79. The Bertz CT molecular complexity index is 715. The van der Waals surface area contributed by atoms with Crippen molar-refractivity contribution in [1.29, 1.82) is 0 Å². The topological polar surface area (TPSA) is 66.0 Å². The number of ether oxygens (including phenoxy) is 1. The third kappa shape index (κ3) is 2.85. The van der Waals surface area contributed by atoms with E-state index >= 15 is 0 Å². The molecule has 0 fully saturated rings. The molecule has 3 aromatic rings. The zero-order chi connectivity index (χ0) is 14.7. The summed E-state index contributed by atoms with van der Waals surface area (Å²) in [5.41, 5.74) is 2.82. The monoisotopic (exact) mass is 284 g/mol. The van der Waals surface area contributed by atoms with E-state index in [0.29, 0.717) is 24.9 Å². The standard InChI is InChI=1S/C15H16N4O2/c1-3-20-10-11-4-6-12(7-5-11)14-17-15(21-18-14)13-8-9-16-19(13)2/h4-9H,3,10H2,1-2H3. The Morgan fingerprint density at radius 3 is 2.67 bits per heavy atom. The van der Waals surface area contributed by atoms with Crippen LogP contribution in [0.25, 0.3) is 23.0 Å². The van der Waals surface area contributed by atoms with E-state index in [1.54, 1.807) is 10.9 Å². The highest BCUT2D eigenvalue weighted by atomic mass is 16.5. The summed E-state index contributed by atoms with van der Waals surface area (Å²) in [4.78, 5) is 4.41. The lowest BCUT2D eigenvalue weighted by molar-refractivity contribution is 0.134. The normalized spacial score (nSPS) is 11.0. The van der Waals surface area contributed by atoms with E-state index in [2.05, 4.69) is 15.2 Å². The summed E-state index contributed by atoms with van der Waals surface area (Å²) in [5.74, 6) is 1.03. The summed E-state index contributed by atoms with van der Waals surface area (Å²) in [7, 11) is 1.84. The molecule has 0 radical (unpaired) electrons. The number of aromatic nitrogens is 4. The molecule has 108 valence electrons. The van der Waals surface area contributed by atoms with Gasteiger partial charge in [0.05, 0.1) is 6.61 Å². The molecule has 0 aliphatic rings. The number of nitrogens with zero attached hydrogens (tertiary/aromatic N) is 4. The summed E-state index contributed by atoms with van der Waals surface area (Å²) >= 11 is 0. The number of hydrogen-bond donors (Lipinski definition) is 0. The van der Waals surface area contributed by atoms with Gasteiger partial charge in [0.1, 0.15) is 5.69 Å². The van der Waals surface area contributed by atoms with Crippen LogP contribution in [0.3, 0.4) is 0 Å². The summed E-state index contributed by atoms with van der Waals surface area (Å²) in [6.07, 6.45) is 1.70. The summed E-state index contributed by atoms with van der Waals surface area (Å²) in [5, 5.41) is 8.11. The first kappa shape index (κ1) is 13.5. The predicted molar refractivity (Wildman–Crippen MR) is 77.3 cm³/mol. The van der Waals surface area contributed by atoms with Gasteiger partial charge >= 0.3 is 0 Å². The first-order chi connectivity index (χ1) is 10.3. The minimum atomic E-state index is 0.461. The molecule has 21 heavy (non-hydrogen) atoms. The van der Waals surface area contributed by atoms with Crippen LogP contribution in [-0.4, -0.2) is 26.5 Å². The quantitative estimate of drug-likeness (QED) is 0.720. The van der Waals surface area contributed by atoms with Crippen LogP contribution in [0.4, 0.5) is 0 Å². The van der Waals surface area contributed by atoms with Gasteiger partial charge in [-0.05, 0) is 18.6 Å². The van der Waals surface area contributed by atoms with Crippen molar-refractivity contribution in [2.75, 3.05) is 6.61 Å². The van der Waals surface area contributed by atoms with Gasteiger partial charge in [0.15, 0.2) is 0 Å². The molecule has 0 bridgehead atoms. The van der Waals surface area contributed by atoms with E-state index in [0.717, 1.165) is 16.8 Å². The molecule has 6 heteroatoms. The van der Waals surface area contributed by atoms with Gasteiger partial charge in [-0.15, -0.1) is 0 Å². The summed E-state index contributed by atoms with van der Waals surface area (Å²) < 4.78 is 12.4. The van der Waals surface area contributed by atoms with Crippen LogP contribution in [0.5, 0.6) is 0 Å². The second-order valence-corrected chi connectivity index (χ2v) is 4.60. The molecule has 3 rings (SSSR count). The van der Waals surface area contributed by atoms with Crippen molar-refractivity contribution in [1.82, 2.24) is 19.9 Å². The van der Waals surface area contributed by atoms with Crippen LogP contribution in [0.15, 0.2) is 41.1 Å². The number of aryl methyl sites for hydroxylation is 1. The first-order valence-corrected chi connectivity index (χ1v) is 6.77. The van der Waals surface area contributed by atoms with Crippen molar-refractivity contribution in [2.24, 2.45) is 7.05 Å². The number of hydrogen-bond acceptors (Lipinski definition) is 5. The molecule has 0 aliphatic carbocycles. The van der Waals surface area contributed by atoms with Gasteiger partial charge in [-0.2, -0.15) is 10.1 Å². The van der Waals surface area contributed by atoms with Gasteiger partial charge in [0.25, 0.3) is 5.89 Å². The first-order valence-electron chi connectivity index (χ1n) is 6.77. The molecule has 0 aliphatic heterocycles. The summed E-state index contributed by atoms with van der Waals surface area (Å²) in [6.45, 7) is 3.30. The van der Waals surface area contributed by atoms with Gasteiger partial charge in [0.2, 0.25) is 5.82 Å². The highest BCUT2D eigenvalue weighted by molar-refractivity contribution is 5.58. The van der Waals surface area contributed by atoms with Crippen LogP contribution in [0.1, 0.15) is 12.5 Å². The lowest BCUT2D eigenvalue weighted by Crippen LogP contribution is -1.93. The largest absolute Gasteiger partial charge is 0.377 e. The van der Waals surface area contributed by atoms with Crippen molar-refractivity contribution < 1.29 is 9.26 Å². The van der Waals surface area contributed by atoms with Crippen LogP contribution < -0.4 is 0 Å². The highest BCUT2D eigenvalue weighted by Crippen LogP contribution is 2.21. The zero-order valence-electron chi connectivity index (χ0n) is 12.0. The second kappa shape index (κ2) is 5.88. The van der Waals surface area contributed by atoms with E-state index in [-0.39, 0.29) is 0 Å². The van der Waals surface area contributed by atoms with Gasteiger partial charge in [-0.25, -0.2) is 0 Å². The molecule has 0 amide bonds. The predicted octanol–water partition coefficient (Wildman–Crippen LogP) is 2.67. The maximum absolute atomic E-state index is 5.37. The third-order valence-electron chi connectivity index (χ3n) is 3.15. The lowest BCUT2D eigenvalue weighted by atomic mass is 10.1. The number of rotatable bonds is 5. The minimum Gasteiger partial charge on any atom is -0.377 e. The maximum Gasteiger partial charge on any atom is 0.276 e.